The highest BCUT2D eigenvalue weighted by molar-refractivity contribution is 5.76. The lowest BCUT2D eigenvalue weighted by Gasteiger charge is -2.33. The van der Waals surface area contributed by atoms with Crippen molar-refractivity contribution in [2.75, 3.05) is 33.9 Å². The average molecular weight is 288 g/mol. The summed E-state index contributed by atoms with van der Waals surface area (Å²) in [6, 6.07) is 0.411. The van der Waals surface area contributed by atoms with Gasteiger partial charge in [-0.05, 0) is 12.8 Å². The van der Waals surface area contributed by atoms with Gasteiger partial charge in [0.05, 0.1) is 13.7 Å². The summed E-state index contributed by atoms with van der Waals surface area (Å²) in [4.78, 5) is 14.2. The lowest BCUT2D eigenvalue weighted by Crippen LogP contribution is -2.52. The van der Waals surface area contributed by atoms with Gasteiger partial charge < -0.3 is 14.8 Å². The molecular weight excluding hydrogens is 256 g/mol. The van der Waals surface area contributed by atoms with Crippen LogP contribution in [0.4, 0.5) is 0 Å². The Morgan fingerprint density at radius 2 is 1.80 bits per heavy atom. The van der Waals surface area contributed by atoms with Crippen LogP contribution in [0.5, 0.6) is 0 Å². The van der Waals surface area contributed by atoms with Crippen LogP contribution in [-0.2, 0) is 14.3 Å². The van der Waals surface area contributed by atoms with Gasteiger partial charge in [-0.3, -0.25) is 9.69 Å². The first-order valence-electron chi connectivity index (χ1n) is 7.56. The summed E-state index contributed by atoms with van der Waals surface area (Å²) in [5, 5.41) is 3.28. The smallest absolute Gasteiger partial charge is 0.324 e. The first kappa shape index (κ1) is 19.4. The zero-order valence-electron chi connectivity index (χ0n) is 13.9. The Hall–Kier alpha value is -0.650. The number of methoxy groups -OCH3 is 2. The average Bonchev–Trinajstić information content (AvgIpc) is 2.43. The van der Waals surface area contributed by atoms with Gasteiger partial charge in [-0.25, -0.2) is 0 Å². The summed E-state index contributed by atoms with van der Waals surface area (Å²) in [7, 11) is 3.14. The molecule has 0 amide bonds. The molecule has 0 spiro atoms. The van der Waals surface area contributed by atoms with Crippen LogP contribution in [-0.4, -0.2) is 62.9 Å². The van der Waals surface area contributed by atoms with Gasteiger partial charge in [0.25, 0.3) is 0 Å². The highest BCUT2D eigenvalue weighted by Crippen LogP contribution is 2.10. The third kappa shape index (κ3) is 7.22. The third-order valence-electron chi connectivity index (χ3n) is 3.48. The topological polar surface area (TPSA) is 50.8 Å². The maximum absolute atomic E-state index is 11.9. The van der Waals surface area contributed by atoms with Crippen LogP contribution >= 0.6 is 0 Å². The Labute approximate surface area is 124 Å². The molecule has 0 aromatic carbocycles. The maximum atomic E-state index is 11.9. The molecule has 0 saturated heterocycles. The van der Waals surface area contributed by atoms with Gasteiger partial charge in [0.1, 0.15) is 6.04 Å². The maximum Gasteiger partial charge on any atom is 0.324 e. The molecule has 0 saturated carbocycles. The number of carbonyl (C=O) groups excluding carboxylic acids is 1. The van der Waals surface area contributed by atoms with Crippen molar-refractivity contribution in [1.29, 1.82) is 0 Å². The zero-order valence-corrected chi connectivity index (χ0v) is 13.9. The summed E-state index contributed by atoms with van der Waals surface area (Å²) in [6.45, 7) is 10.6. The summed E-state index contributed by atoms with van der Waals surface area (Å²) in [5.74, 6) is -0.202. The van der Waals surface area contributed by atoms with E-state index in [0.717, 1.165) is 19.4 Å². The molecule has 0 heterocycles. The second-order valence-corrected chi connectivity index (χ2v) is 5.36. The van der Waals surface area contributed by atoms with Crippen molar-refractivity contribution in [2.24, 2.45) is 0 Å². The molecule has 0 radical (unpaired) electrons. The minimum Gasteiger partial charge on any atom is -0.468 e. The first-order chi connectivity index (χ1) is 9.49. The lowest BCUT2D eigenvalue weighted by molar-refractivity contribution is -0.144. The molecule has 1 unspecified atom stereocenters. The van der Waals surface area contributed by atoms with E-state index in [0.29, 0.717) is 19.2 Å². The van der Waals surface area contributed by atoms with E-state index in [1.54, 1.807) is 7.11 Å². The molecule has 0 aliphatic rings. The number of nitrogens with one attached hydrogen (secondary N) is 1. The van der Waals surface area contributed by atoms with E-state index in [-0.39, 0.29) is 18.1 Å². The quantitative estimate of drug-likeness (QED) is 0.586. The second kappa shape index (κ2) is 11.1. The van der Waals surface area contributed by atoms with Crippen molar-refractivity contribution >= 4 is 5.97 Å². The lowest BCUT2D eigenvalue weighted by atomic mass is 10.1. The minimum absolute atomic E-state index is 0.202. The standard InChI is InChI=1S/C15H32N2O3/c1-7-13(8-2)17(9-10-19-5)11-14(15(18)20-6)16-12(3)4/h12-14,16H,7-11H2,1-6H3. The van der Waals surface area contributed by atoms with Crippen molar-refractivity contribution in [1.82, 2.24) is 10.2 Å². The molecule has 120 valence electrons. The summed E-state index contributed by atoms with van der Waals surface area (Å²) in [5.41, 5.74) is 0. The van der Waals surface area contributed by atoms with Crippen LogP contribution < -0.4 is 5.32 Å². The summed E-state index contributed by atoms with van der Waals surface area (Å²) >= 11 is 0. The van der Waals surface area contributed by atoms with Crippen LogP contribution in [0.15, 0.2) is 0 Å². The molecule has 0 aliphatic heterocycles. The minimum atomic E-state index is -0.294. The van der Waals surface area contributed by atoms with E-state index in [1.807, 2.05) is 13.8 Å². The number of hydrogen-bond acceptors (Lipinski definition) is 5. The summed E-state index contributed by atoms with van der Waals surface area (Å²) < 4.78 is 10.1. The SMILES string of the molecule is CCC(CC)N(CCOC)CC(NC(C)C)C(=O)OC. The fourth-order valence-electron chi connectivity index (χ4n) is 2.41. The second-order valence-electron chi connectivity index (χ2n) is 5.36. The normalized spacial score (nSPS) is 13.2. The largest absolute Gasteiger partial charge is 0.468 e. The fourth-order valence-corrected chi connectivity index (χ4v) is 2.41. The van der Waals surface area contributed by atoms with E-state index in [9.17, 15) is 4.79 Å². The molecule has 0 aromatic heterocycles. The Balaban J connectivity index is 4.80. The van der Waals surface area contributed by atoms with Crippen molar-refractivity contribution in [3.05, 3.63) is 0 Å². The highest BCUT2D eigenvalue weighted by Gasteiger charge is 2.25. The third-order valence-corrected chi connectivity index (χ3v) is 3.48. The number of rotatable bonds is 11. The molecule has 0 aliphatic carbocycles. The number of esters is 1. The Kier molecular flexibility index (Phi) is 10.7. The molecule has 0 rings (SSSR count). The zero-order chi connectivity index (χ0) is 15.5. The van der Waals surface area contributed by atoms with Crippen LogP contribution in [0.3, 0.4) is 0 Å². The molecule has 5 nitrogen and oxygen atoms in total. The fraction of sp³-hybridized carbons (Fsp3) is 0.933. The van der Waals surface area contributed by atoms with Crippen molar-refractivity contribution in [2.45, 2.75) is 58.7 Å². The van der Waals surface area contributed by atoms with Gasteiger partial charge in [0.15, 0.2) is 0 Å². The molecular formula is C15H32N2O3. The van der Waals surface area contributed by atoms with Crippen LogP contribution in [0, 0.1) is 0 Å². The Bertz CT molecular complexity index is 256. The van der Waals surface area contributed by atoms with Gasteiger partial charge in [0, 0.05) is 32.3 Å². The van der Waals surface area contributed by atoms with Crippen molar-refractivity contribution < 1.29 is 14.3 Å². The molecule has 0 aromatic rings. The monoisotopic (exact) mass is 288 g/mol. The molecule has 20 heavy (non-hydrogen) atoms. The van der Waals surface area contributed by atoms with Gasteiger partial charge in [-0.15, -0.1) is 0 Å². The van der Waals surface area contributed by atoms with Gasteiger partial charge in [-0.2, -0.15) is 0 Å². The Morgan fingerprint density at radius 1 is 1.20 bits per heavy atom. The van der Waals surface area contributed by atoms with Crippen LogP contribution in [0.25, 0.3) is 0 Å². The predicted octanol–water partition coefficient (Wildman–Crippen LogP) is 1.66. The number of hydrogen-bond donors (Lipinski definition) is 1. The number of carbonyl (C=O) groups is 1. The van der Waals surface area contributed by atoms with E-state index in [2.05, 4.69) is 24.1 Å². The van der Waals surface area contributed by atoms with Crippen LogP contribution in [0.1, 0.15) is 40.5 Å². The Morgan fingerprint density at radius 3 is 2.20 bits per heavy atom. The highest BCUT2D eigenvalue weighted by atomic mass is 16.5. The van der Waals surface area contributed by atoms with Crippen molar-refractivity contribution in [3.63, 3.8) is 0 Å². The van der Waals surface area contributed by atoms with E-state index in [4.69, 9.17) is 9.47 Å². The molecule has 1 atom stereocenters. The van der Waals surface area contributed by atoms with E-state index in [1.165, 1.54) is 7.11 Å². The predicted molar refractivity (Wildman–Crippen MR) is 81.9 cm³/mol. The molecule has 0 bridgehead atoms. The molecule has 0 fully saturated rings. The first-order valence-corrected chi connectivity index (χ1v) is 7.56. The number of ether oxygens (including phenoxy) is 2. The van der Waals surface area contributed by atoms with Crippen molar-refractivity contribution in [3.8, 4) is 0 Å². The van der Waals surface area contributed by atoms with Gasteiger partial charge >= 0.3 is 5.97 Å². The van der Waals surface area contributed by atoms with E-state index < -0.39 is 0 Å². The van der Waals surface area contributed by atoms with Crippen LogP contribution in [0.2, 0.25) is 0 Å². The molecule has 1 N–H and O–H groups in total. The number of nitrogens with zero attached hydrogens (tertiary/aromatic N) is 1. The summed E-state index contributed by atoms with van der Waals surface area (Å²) in [6.07, 6.45) is 2.13. The van der Waals surface area contributed by atoms with Gasteiger partial charge in [-0.1, -0.05) is 27.7 Å². The van der Waals surface area contributed by atoms with Gasteiger partial charge in [0.2, 0.25) is 0 Å². The molecule has 5 heteroatoms. The van der Waals surface area contributed by atoms with E-state index >= 15 is 0 Å².